The zero-order valence-corrected chi connectivity index (χ0v) is 24.4. The molecule has 0 aromatic carbocycles. The number of likely N-dealkylation sites (tertiary alicyclic amines) is 1. The third-order valence-corrected chi connectivity index (χ3v) is 9.10. The van der Waals surface area contributed by atoms with Crippen molar-refractivity contribution in [3.05, 3.63) is 24.3 Å². The van der Waals surface area contributed by atoms with Crippen molar-refractivity contribution in [3.8, 4) is 0 Å². The van der Waals surface area contributed by atoms with E-state index in [9.17, 15) is 24.3 Å². The van der Waals surface area contributed by atoms with Crippen molar-refractivity contribution < 1.29 is 33.8 Å². The number of esters is 1. The molecule has 2 fully saturated rings. The maximum atomic E-state index is 14.6. The smallest absolute Gasteiger partial charge is 0.313 e. The summed E-state index contributed by atoms with van der Waals surface area (Å²) in [4.78, 5) is 58.1. The predicted molar refractivity (Wildman–Crippen MR) is 148 cm³/mol. The summed E-state index contributed by atoms with van der Waals surface area (Å²) in [5, 5.41) is 13.3. The molecular formula is C30H45N3O7. The van der Waals surface area contributed by atoms with Crippen LogP contribution in [0.3, 0.4) is 0 Å². The molecule has 4 rings (SSSR count). The molecule has 10 heteroatoms. The lowest BCUT2D eigenvalue weighted by molar-refractivity contribution is -0.160. The Hall–Kier alpha value is -2.72. The summed E-state index contributed by atoms with van der Waals surface area (Å²) in [6.07, 6.45) is 9.13. The van der Waals surface area contributed by atoms with Gasteiger partial charge in [-0.25, -0.2) is 0 Å². The number of cyclic esters (lactones) is 1. The van der Waals surface area contributed by atoms with Gasteiger partial charge in [-0.2, -0.15) is 0 Å². The molecule has 5 bridgehead atoms. The number of allylic oxidation sites excluding steroid dienone is 1. The van der Waals surface area contributed by atoms with Crippen molar-refractivity contribution in [2.45, 2.75) is 103 Å². The van der Waals surface area contributed by atoms with Gasteiger partial charge >= 0.3 is 5.97 Å². The number of hydrogen-bond donors (Lipinski definition) is 2. The van der Waals surface area contributed by atoms with Gasteiger partial charge < -0.3 is 29.7 Å². The quantitative estimate of drug-likeness (QED) is 0.361. The van der Waals surface area contributed by atoms with Crippen molar-refractivity contribution in [3.63, 3.8) is 0 Å². The van der Waals surface area contributed by atoms with Crippen LogP contribution in [-0.4, -0.2) is 94.2 Å². The lowest BCUT2D eigenvalue weighted by Crippen LogP contribution is -2.60. The van der Waals surface area contributed by atoms with Crippen molar-refractivity contribution in [2.24, 2.45) is 17.8 Å². The molecule has 4 aliphatic heterocycles. The Kier molecular flexibility index (Phi) is 9.40. The number of carbonyl (C=O) groups is 4. The number of nitrogens with one attached hydrogen (secondary N) is 1. The van der Waals surface area contributed by atoms with Gasteiger partial charge in [-0.15, -0.1) is 0 Å². The van der Waals surface area contributed by atoms with E-state index in [2.05, 4.69) is 12.2 Å². The zero-order chi connectivity index (χ0) is 29.2. The Bertz CT molecular complexity index is 1040. The highest BCUT2D eigenvalue weighted by atomic mass is 16.6. The number of ether oxygens (including phenoxy) is 2. The standard InChI is InChI=1S/C30H45N3O7/c1-6-11-19(4)32-15-10-8-9-12-23(35)31-16-20(5)39-29(38)24-22-13-14-30(40-22)25(24)27(36)33(26(30)28(32)37)21(17-34)18(3)7-2/h8,10,13-14,18-22,24-26,34H,6-7,9,11-12,15-17H2,1-5H3,(H,31,35)/b10-8-/t18-,19?,20-,21-,22+,24-,25-,26+,30-/m0/s1. The minimum absolute atomic E-state index is 0.0889. The summed E-state index contributed by atoms with van der Waals surface area (Å²) < 4.78 is 12.2. The third kappa shape index (κ3) is 5.32. The summed E-state index contributed by atoms with van der Waals surface area (Å²) in [6.45, 7) is 9.83. The van der Waals surface area contributed by atoms with Crippen LogP contribution in [0, 0.1) is 17.8 Å². The molecule has 10 nitrogen and oxygen atoms in total. The Morgan fingerprint density at radius 1 is 1.15 bits per heavy atom. The van der Waals surface area contributed by atoms with Crippen LogP contribution in [0.4, 0.5) is 0 Å². The maximum Gasteiger partial charge on any atom is 0.313 e. The molecule has 0 aromatic heterocycles. The van der Waals surface area contributed by atoms with Gasteiger partial charge in [0.2, 0.25) is 17.7 Å². The van der Waals surface area contributed by atoms with Crippen LogP contribution in [0.2, 0.25) is 0 Å². The van der Waals surface area contributed by atoms with Gasteiger partial charge in [-0.05, 0) is 32.6 Å². The summed E-state index contributed by atoms with van der Waals surface area (Å²) in [7, 11) is 0. The second-order valence-corrected chi connectivity index (χ2v) is 11.8. The minimum Gasteiger partial charge on any atom is -0.460 e. The molecule has 3 amide bonds. The lowest BCUT2D eigenvalue weighted by atomic mass is 9.74. The van der Waals surface area contributed by atoms with Crippen LogP contribution in [0.25, 0.3) is 0 Å². The fraction of sp³-hybridized carbons (Fsp3) is 0.733. The van der Waals surface area contributed by atoms with Gasteiger partial charge in [-0.1, -0.05) is 57.9 Å². The fourth-order valence-electron chi connectivity index (χ4n) is 6.73. The van der Waals surface area contributed by atoms with Crippen molar-refractivity contribution >= 4 is 23.7 Å². The molecule has 1 spiro atoms. The summed E-state index contributed by atoms with van der Waals surface area (Å²) in [5.41, 5.74) is -1.33. The van der Waals surface area contributed by atoms with Gasteiger partial charge in [-0.3, -0.25) is 19.2 Å². The number of rotatable bonds is 7. The van der Waals surface area contributed by atoms with Gasteiger partial charge in [0.1, 0.15) is 23.7 Å². The van der Waals surface area contributed by atoms with Crippen LogP contribution in [0.5, 0.6) is 0 Å². The number of fused-ring (bicyclic) bond motifs is 2. The molecule has 2 saturated heterocycles. The SMILES string of the molecule is CCCC(C)N1C/C=C\CCC(=O)NC[C@H](C)OC(=O)[C@@H]2[C@H]3C(=O)N([C@@H](CO)[C@@H](C)CC)[C@H](C1=O)[C@]31C=C[C@H]2O1. The predicted octanol–water partition coefficient (Wildman–Crippen LogP) is 1.96. The Labute approximate surface area is 237 Å². The summed E-state index contributed by atoms with van der Waals surface area (Å²) in [6, 6.07) is -1.77. The van der Waals surface area contributed by atoms with Gasteiger partial charge in [0.05, 0.1) is 31.2 Å². The third-order valence-electron chi connectivity index (χ3n) is 9.10. The molecule has 2 N–H and O–H groups in total. The van der Waals surface area contributed by atoms with Crippen LogP contribution >= 0.6 is 0 Å². The van der Waals surface area contributed by atoms with E-state index >= 15 is 0 Å². The van der Waals surface area contributed by atoms with Crippen molar-refractivity contribution in [1.29, 1.82) is 0 Å². The molecule has 0 saturated carbocycles. The molecule has 4 aliphatic rings. The fourth-order valence-corrected chi connectivity index (χ4v) is 6.73. The molecule has 0 aromatic rings. The summed E-state index contributed by atoms with van der Waals surface area (Å²) in [5.74, 6) is -3.34. The van der Waals surface area contributed by atoms with Gasteiger partial charge in [0.15, 0.2) is 0 Å². The second kappa shape index (κ2) is 12.4. The van der Waals surface area contributed by atoms with Crippen molar-refractivity contribution in [1.82, 2.24) is 15.1 Å². The van der Waals surface area contributed by atoms with Crippen LogP contribution < -0.4 is 5.32 Å². The molecule has 9 atom stereocenters. The van der Waals surface area contributed by atoms with E-state index in [1.807, 2.05) is 32.9 Å². The van der Waals surface area contributed by atoms with Gasteiger partial charge in [0.25, 0.3) is 0 Å². The lowest BCUT2D eigenvalue weighted by Gasteiger charge is -2.41. The first-order valence-corrected chi connectivity index (χ1v) is 14.8. The monoisotopic (exact) mass is 559 g/mol. The first kappa shape index (κ1) is 30.2. The largest absolute Gasteiger partial charge is 0.460 e. The Morgan fingerprint density at radius 3 is 2.58 bits per heavy atom. The average molecular weight is 560 g/mol. The van der Waals surface area contributed by atoms with E-state index in [4.69, 9.17) is 9.47 Å². The first-order valence-electron chi connectivity index (χ1n) is 14.8. The van der Waals surface area contributed by atoms with E-state index in [0.29, 0.717) is 19.4 Å². The number of hydrogen-bond acceptors (Lipinski definition) is 7. The topological polar surface area (TPSA) is 125 Å². The molecule has 4 heterocycles. The number of carbonyl (C=O) groups excluding carboxylic acids is 4. The first-order chi connectivity index (χ1) is 19.1. The number of amides is 3. The van der Waals surface area contributed by atoms with E-state index < -0.39 is 47.7 Å². The van der Waals surface area contributed by atoms with Crippen molar-refractivity contribution in [2.75, 3.05) is 19.7 Å². The van der Waals surface area contributed by atoms with Crippen LogP contribution in [0.1, 0.15) is 66.7 Å². The van der Waals surface area contributed by atoms with Gasteiger partial charge in [0, 0.05) is 19.0 Å². The highest BCUT2D eigenvalue weighted by molar-refractivity contribution is 5.99. The molecule has 40 heavy (non-hydrogen) atoms. The Balaban J connectivity index is 1.83. The second-order valence-electron chi connectivity index (χ2n) is 11.8. The molecule has 1 unspecified atom stereocenters. The molecule has 0 aliphatic carbocycles. The Morgan fingerprint density at radius 2 is 1.90 bits per heavy atom. The highest BCUT2D eigenvalue weighted by Gasteiger charge is 2.74. The molecule has 0 radical (unpaired) electrons. The van der Waals surface area contributed by atoms with E-state index in [-0.39, 0.29) is 49.3 Å². The number of nitrogens with zero attached hydrogens (tertiary/aromatic N) is 2. The van der Waals surface area contributed by atoms with Crippen LogP contribution in [-0.2, 0) is 28.7 Å². The number of aliphatic hydroxyl groups is 1. The maximum absolute atomic E-state index is 14.6. The molecular weight excluding hydrogens is 514 g/mol. The molecule has 222 valence electrons. The minimum atomic E-state index is -1.33. The van der Waals surface area contributed by atoms with E-state index in [1.54, 1.807) is 24.0 Å². The average Bonchev–Trinajstić information content (AvgIpc) is 3.56. The number of aliphatic hydroxyl groups excluding tert-OH is 1. The van der Waals surface area contributed by atoms with E-state index in [0.717, 1.165) is 12.8 Å². The van der Waals surface area contributed by atoms with E-state index in [1.165, 1.54) is 4.90 Å². The highest BCUT2D eigenvalue weighted by Crippen LogP contribution is 2.56. The van der Waals surface area contributed by atoms with Crippen LogP contribution in [0.15, 0.2) is 24.3 Å². The normalized spacial score (nSPS) is 35.8. The zero-order valence-electron chi connectivity index (χ0n) is 24.4. The summed E-state index contributed by atoms with van der Waals surface area (Å²) >= 11 is 0.